The maximum atomic E-state index is 8.50. The highest BCUT2D eigenvalue weighted by molar-refractivity contribution is 4.49. The molecule has 0 saturated carbocycles. The predicted octanol–water partition coefficient (Wildman–Crippen LogP) is 4.87. The van der Waals surface area contributed by atoms with Gasteiger partial charge in [0.05, 0.1) is 26.2 Å². The number of quaternary nitrogens is 1. The number of hydrogen-bond donors (Lipinski definition) is 1. The first-order valence-electron chi connectivity index (χ1n) is 8.26. The highest BCUT2D eigenvalue weighted by Gasteiger charge is 2.24. The molecule has 3 heteroatoms. The van der Waals surface area contributed by atoms with Gasteiger partial charge >= 0.3 is 0 Å². The third kappa shape index (κ3) is 11.4. The van der Waals surface area contributed by atoms with Crippen LogP contribution in [0.15, 0.2) is 0 Å². The molecule has 0 fully saturated rings. The van der Waals surface area contributed by atoms with Crippen molar-refractivity contribution < 1.29 is 14.3 Å². The van der Waals surface area contributed by atoms with Crippen molar-refractivity contribution in [3.8, 4) is 0 Å². The highest BCUT2D eigenvalue weighted by Crippen LogP contribution is 2.16. The molecule has 0 amide bonds. The quantitative estimate of drug-likeness (QED) is 0.505. The lowest BCUT2D eigenvalue weighted by Crippen LogP contribution is -2.50. The van der Waals surface area contributed by atoms with Crippen molar-refractivity contribution in [3.63, 3.8) is 0 Å². The Morgan fingerprint density at radius 1 is 0.579 bits per heavy atom. The lowest BCUT2D eigenvalue weighted by molar-refractivity contribution is -0.929. The van der Waals surface area contributed by atoms with E-state index in [0.717, 1.165) is 0 Å². The minimum Gasteiger partial charge on any atom is -0.324 e. The maximum Gasteiger partial charge on any atom is 0.0786 e. The summed E-state index contributed by atoms with van der Waals surface area (Å²) in [5.41, 5.74) is 0. The molecule has 2 nitrogen and oxygen atoms in total. The van der Waals surface area contributed by atoms with Crippen LogP contribution in [0.25, 0.3) is 0 Å². The van der Waals surface area contributed by atoms with Crippen LogP contribution in [0.5, 0.6) is 0 Å². The molecular formula is C16H37FNO+. The van der Waals surface area contributed by atoms with Crippen LogP contribution in [0.3, 0.4) is 0 Å². The molecule has 0 bridgehead atoms. The Bertz CT molecular complexity index is 127. The Morgan fingerprint density at radius 2 is 0.789 bits per heavy atom. The van der Waals surface area contributed by atoms with E-state index >= 15 is 0 Å². The fraction of sp³-hybridized carbons (Fsp3) is 1.00. The fourth-order valence-electron chi connectivity index (χ4n) is 2.64. The molecule has 0 aliphatic rings. The minimum atomic E-state index is 1.35. The zero-order chi connectivity index (χ0) is 15.0. The van der Waals surface area contributed by atoms with E-state index in [1.165, 1.54) is 82.0 Å². The van der Waals surface area contributed by atoms with Crippen LogP contribution < -0.4 is 0 Å². The van der Waals surface area contributed by atoms with Crippen LogP contribution in [0.4, 0.5) is 4.53 Å². The molecule has 118 valence electrons. The average Bonchev–Trinajstić information content (AvgIpc) is 2.48. The molecule has 0 unspecified atom stereocenters. The van der Waals surface area contributed by atoms with Gasteiger partial charge < -0.3 is 4.48 Å². The van der Waals surface area contributed by atoms with Crippen molar-refractivity contribution in [2.75, 3.05) is 26.2 Å². The maximum absolute atomic E-state index is 8.50. The lowest BCUT2D eigenvalue weighted by Gasteiger charge is -2.39. The van der Waals surface area contributed by atoms with Crippen LogP contribution in [-0.4, -0.2) is 36.0 Å². The predicted molar refractivity (Wildman–Crippen MR) is 82.7 cm³/mol. The molecule has 19 heavy (non-hydrogen) atoms. The number of nitrogens with zero attached hydrogens (tertiary/aromatic N) is 1. The molecule has 0 saturated heterocycles. The van der Waals surface area contributed by atoms with Gasteiger partial charge in [0.25, 0.3) is 0 Å². The Morgan fingerprint density at radius 3 is 0.947 bits per heavy atom. The summed E-state index contributed by atoms with van der Waals surface area (Å²) < 4.78 is 9.92. The van der Waals surface area contributed by atoms with E-state index in [0.29, 0.717) is 0 Å². The van der Waals surface area contributed by atoms with Gasteiger partial charge in [0.15, 0.2) is 0 Å². The highest BCUT2D eigenvalue weighted by atomic mass is 19.3. The molecule has 0 aliphatic carbocycles. The van der Waals surface area contributed by atoms with Crippen LogP contribution in [0.2, 0.25) is 0 Å². The van der Waals surface area contributed by atoms with Crippen molar-refractivity contribution >= 4 is 0 Å². The van der Waals surface area contributed by atoms with Crippen molar-refractivity contribution in [2.45, 2.75) is 79.1 Å². The van der Waals surface area contributed by atoms with Crippen LogP contribution in [0.1, 0.15) is 79.1 Å². The average molecular weight is 278 g/mol. The molecule has 0 aromatic rings. The molecule has 0 aromatic carbocycles. The van der Waals surface area contributed by atoms with E-state index in [1.54, 1.807) is 0 Å². The molecule has 0 spiro atoms. The lowest BCUT2D eigenvalue weighted by atomic mass is 10.1. The van der Waals surface area contributed by atoms with Gasteiger partial charge in [0.2, 0.25) is 0 Å². The summed E-state index contributed by atoms with van der Waals surface area (Å²) in [6.45, 7) is 15.0. The molecule has 0 heterocycles. The zero-order valence-corrected chi connectivity index (χ0v) is 13.8. The SMILES string of the molecule is CCCC[N+](CCCC)(CCCC)CCCC.OF. The van der Waals surface area contributed by atoms with Crippen LogP contribution in [0, 0.1) is 0 Å². The smallest absolute Gasteiger partial charge is 0.0786 e. The second-order valence-electron chi connectivity index (χ2n) is 5.65. The van der Waals surface area contributed by atoms with Gasteiger partial charge in [-0.2, -0.15) is 0 Å². The molecule has 0 rings (SSSR count). The third-order valence-corrected chi connectivity index (χ3v) is 3.94. The largest absolute Gasteiger partial charge is 0.324 e. The summed E-state index contributed by atoms with van der Waals surface area (Å²) >= 11 is 0. The Balaban J connectivity index is 0. The number of rotatable bonds is 12. The molecule has 0 atom stereocenters. The Hall–Kier alpha value is -0.150. The van der Waals surface area contributed by atoms with E-state index in [9.17, 15) is 0 Å². The Labute approximate surface area is 120 Å². The van der Waals surface area contributed by atoms with Gasteiger partial charge in [-0.3, -0.25) is 0 Å². The summed E-state index contributed by atoms with van der Waals surface area (Å²) in [6, 6.07) is 0. The summed E-state index contributed by atoms with van der Waals surface area (Å²) in [7, 11) is 0. The summed E-state index contributed by atoms with van der Waals surface area (Å²) in [5.74, 6) is 0. The van der Waals surface area contributed by atoms with Gasteiger partial charge in [-0.05, 0) is 25.7 Å². The zero-order valence-electron chi connectivity index (χ0n) is 13.8. The molecule has 1 N–H and O–H groups in total. The van der Waals surface area contributed by atoms with E-state index in [2.05, 4.69) is 27.7 Å². The summed E-state index contributed by atoms with van der Waals surface area (Å²) in [5, 5.41) is 5.50. The van der Waals surface area contributed by atoms with E-state index in [4.69, 9.17) is 9.84 Å². The number of halogens is 1. The second kappa shape index (κ2) is 15.9. The van der Waals surface area contributed by atoms with E-state index < -0.39 is 0 Å². The minimum absolute atomic E-state index is 1.35. The summed E-state index contributed by atoms with van der Waals surface area (Å²) in [6.07, 6.45) is 11.1. The van der Waals surface area contributed by atoms with Crippen molar-refractivity contribution in [3.05, 3.63) is 0 Å². The molecule has 0 radical (unpaired) electrons. The first kappa shape index (κ1) is 21.2. The second-order valence-corrected chi connectivity index (χ2v) is 5.65. The first-order valence-corrected chi connectivity index (χ1v) is 8.26. The summed E-state index contributed by atoms with van der Waals surface area (Å²) in [4.78, 5) is 0. The third-order valence-electron chi connectivity index (χ3n) is 3.94. The molecule has 0 aromatic heterocycles. The fourth-order valence-corrected chi connectivity index (χ4v) is 2.64. The normalized spacial score (nSPS) is 11.1. The van der Waals surface area contributed by atoms with Crippen molar-refractivity contribution in [1.82, 2.24) is 0 Å². The number of unbranched alkanes of at least 4 members (excludes halogenated alkanes) is 4. The topological polar surface area (TPSA) is 20.2 Å². The van der Waals surface area contributed by atoms with Crippen LogP contribution >= 0.6 is 0 Å². The Kier molecular flexibility index (Phi) is 17.7. The monoisotopic (exact) mass is 278 g/mol. The van der Waals surface area contributed by atoms with Gasteiger partial charge in [-0.25, -0.2) is 5.31 Å². The van der Waals surface area contributed by atoms with Gasteiger partial charge in [0, 0.05) is 0 Å². The van der Waals surface area contributed by atoms with Crippen molar-refractivity contribution in [1.29, 1.82) is 0 Å². The van der Waals surface area contributed by atoms with Crippen molar-refractivity contribution in [2.24, 2.45) is 0 Å². The van der Waals surface area contributed by atoms with E-state index in [-0.39, 0.29) is 0 Å². The number of hydrogen-bond acceptors (Lipinski definition) is 1. The van der Waals surface area contributed by atoms with Crippen LogP contribution in [-0.2, 0) is 0 Å². The molecule has 0 aliphatic heterocycles. The van der Waals surface area contributed by atoms with Gasteiger partial charge in [-0.1, -0.05) is 57.9 Å². The van der Waals surface area contributed by atoms with Gasteiger partial charge in [-0.15, -0.1) is 0 Å². The molecular weight excluding hydrogens is 241 g/mol. The standard InChI is InChI=1S/C16H36N.FHO/c1-5-9-13-17(14-10-6-2,15-11-7-3)16-12-8-4;1-2/h5-16H2,1-4H3;2H/q+1;. The van der Waals surface area contributed by atoms with Gasteiger partial charge in [0.1, 0.15) is 0 Å². The first-order chi connectivity index (χ1) is 9.24. The van der Waals surface area contributed by atoms with E-state index in [1.807, 2.05) is 0 Å².